The molecule has 25 heavy (non-hydrogen) atoms. The Kier molecular flexibility index (Phi) is 5.31. The van der Waals surface area contributed by atoms with Crippen LogP contribution in [0.4, 0.5) is 0 Å². The number of para-hydroxylation sites is 1. The van der Waals surface area contributed by atoms with Gasteiger partial charge in [0.25, 0.3) is 0 Å². The van der Waals surface area contributed by atoms with Crippen LogP contribution in [0.25, 0.3) is 10.9 Å². The van der Waals surface area contributed by atoms with Gasteiger partial charge >= 0.3 is 5.97 Å². The van der Waals surface area contributed by atoms with E-state index in [1.165, 1.54) is 0 Å². The number of aromatic nitrogens is 1. The van der Waals surface area contributed by atoms with E-state index >= 15 is 0 Å². The summed E-state index contributed by atoms with van der Waals surface area (Å²) in [6.07, 6.45) is 0. The molecule has 0 aliphatic carbocycles. The van der Waals surface area contributed by atoms with Crippen LogP contribution < -0.4 is 0 Å². The molecule has 128 valence electrons. The average Bonchev–Trinajstić information content (AvgIpc) is 2.64. The zero-order valence-electron chi connectivity index (χ0n) is 14.1. The molecule has 0 fully saturated rings. The third kappa shape index (κ3) is 3.81. The van der Waals surface area contributed by atoms with Gasteiger partial charge in [-0.25, -0.2) is 9.78 Å². The molecule has 5 heteroatoms. The first kappa shape index (κ1) is 17.4. The second-order valence-electron chi connectivity index (χ2n) is 5.72. The van der Waals surface area contributed by atoms with Crippen LogP contribution in [0.15, 0.2) is 48.5 Å². The molecule has 0 amide bonds. The number of esters is 1. The van der Waals surface area contributed by atoms with Crippen LogP contribution in [0.1, 0.15) is 27.2 Å². The van der Waals surface area contributed by atoms with E-state index < -0.39 is 5.97 Å². The molecule has 0 spiro atoms. The zero-order chi connectivity index (χ0) is 17.8. The van der Waals surface area contributed by atoms with E-state index in [9.17, 15) is 4.79 Å². The third-order valence-corrected chi connectivity index (χ3v) is 4.46. The van der Waals surface area contributed by atoms with Crippen molar-refractivity contribution in [3.8, 4) is 0 Å². The standard InChI is InChI=1S/C20H18ClNO3/c1-13-16-8-3-4-9-17(16)22-18(19(13)21)12-25-20(23)15-7-5-6-14(10-15)11-24-2/h3-10H,11-12H2,1-2H3. The molecule has 0 aliphatic heterocycles. The van der Waals surface area contributed by atoms with E-state index in [0.717, 1.165) is 22.0 Å². The number of hydrogen-bond donors (Lipinski definition) is 0. The van der Waals surface area contributed by atoms with Gasteiger partial charge in [-0.3, -0.25) is 0 Å². The van der Waals surface area contributed by atoms with Crippen LogP contribution >= 0.6 is 11.6 Å². The Bertz CT molecular complexity index is 924. The third-order valence-electron chi connectivity index (χ3n) is 3.96. The Morgan fingerprint density at radius 1 is 1.12 bits per heavy atom. The van der Waals surface area contributed by atoms with Crippen molar-refractivity contribution in [1.82, 2.24) is 4.98 Å². The van der Waals surface area contributed by atoms with Gasteiger partial charge in [-0.05, 0) is 36.2 Å². The average molecular weight is 356 g/mol. The number of pyridine rings is 1. The van der Waals surface area contributed by atoms with Gasteiger partial charge in [0, 0.05) is 12.5 Å². The number of hydrogen-bond acceptors (Lipinski definition) is 4. The fourth-order valence-corrected chi connectivity index (χ4v) is 2.88. The molecule has 1 heterocycles. The number of carbonyl (C=O) groups excluding carboxylic acids is 1. The van der Waals surface area contributed by atoms with Crippen molar-refractivity contribution >= 4 is 28.5 Å². The normalized spacial score (nSPS) is 10.8. The topological polar surface area (TPSA) is 48.4 Å². The SMILES string of the molecule is COCc1cccc(C(=O)OCc2nc3ccccc3c(C)c2Cl)c1. The number of halogens is 1. The number of nitrogens with zero attached hydrogens (tertiary/aromatic N) is 1. The Morgan fingerprint density at radius 2 is 1.92 bits per heavy atom. The fourth-order valence-electron chi connectivity index (χ4n) is 2.69. The molecule has 0 radical (unpaired) electrons. The van der Waals surface area contributed by atoms with E-state index in [2.05, 4.69) is 4.98 Å². The van der Waals surface area contributed by atoms with Gasteiger partial charge in [-0.2, -0.15) is 0 Å². The summed E-state index contributed by atoms with van der Waals surface area (Å²) in [6, 6.07) is 14.9. The predicted octanol–water partition coefficient (Wildman–Crippen LogP) is 4.70. The molecule has 0 aliphatic rings. The number of carbonyl (C=O) groups is 1. The summed E-state index contributed by atoms with van der Waals surface area (Å²) >= 11 is 6.40. The van der Waals surface area contributed by atoms with E-state index in [1.807, 2.05) is 37.3 Å². The van der Waals surface area contributed by atoms with Crippen molar-refractivity contribution in [2.75, 3.05) is 7.11 Å². The van der Waals surface area contributed by atoms with Gasteiger partial charge in [0.05, 0.1) is 28.4 Å². The summed E-state index contributed by atoms with van der Waals surface area (Å²) in [7, 11) is 1.61. The summed E-state index contributed by atoms with van der Waals surface area (Å²) in [4.78, 5) is 16.8. The molecule has 3 rings (SSSR count). The number of methoxy groups -OCH3 is 1. The number of ether oxygens (including phenoxy) is 2. The van der Waals surface area contributed by atoms with E-state index in [4.69, 9.17) is 21.1 Å². The van der Waals surface area contributed by atoms with Crippen molar-refractivity contribution in [2.45, 2.75) is 20.1 Å². The molecule has 0 bridgehead atoms. The van der Waals surface area contributed by atoms with E-state index in [0.29, 0.717) is 22.9 Å². The first-order chi connectivity index (χ1) is 12.1. The highest BCUT2D eigenvalue weighted by Gasteiger charge is 2.13. The lowest BCUT2D eigenvalue weighted by molar-refractivity contribution is 0.0468. The van der Waals surface area contributed by atoms with Crippen molar-refractivity contribution in [3.63, 3.8) is 0 Å². The molecule has 4 nitrogen and oxygen atoms in total. The smallest absolute Gasteiger partial charge is 0.338 e. The maximum atomic E-state index is 12.3. The predicted molar refractivity (Wildman–Crippen MR) is 97.8 cm³/mol. The number of fused-ring (bicyclic) bond motifs is 1. The molecule has 3 aromatic rings. The fraction of sp³-hybridized carbons (Fsp3) is 0.200. The van der Waals surface area contributed by atoms with E-state index in [1.54, 1.807) is 25.3 Å². The van der Waals surface area contributed by atoms with Gasteiger partial charge in [0.1, 0.15) is 6.61 Å². The highest BCUT2D eigenvalue weighted by molar-refractivity contribution is 6.32. The minimum atomic E-state index is -0.415. The summed E-state index contributed by atoms with van der Waals surface area (Å²) in [5.74, 6) is -0.415. The minimum absolute atomic E-state index is 0.0256. The summed E-state index contributed by atoms with van der Waals surface area (Å²) in [5, 5.41) is 1.52. The lowest BCUT2D eigenvalue weighted by atomic mass is 10.1. The Morgan fingerprint density at radius 3 is 2.72 bits per heavy atom. The highest BCUT2D eigenvalue weighted by atomic mass is 35.5. The minimum Gasteiger partial charge on any atom is -0.456 e. The van der Waals surface area contributed by atoms with Gasteiger partial charge in [0.15, 0.2) is 0 Å². The van der Waals surface area contributed by atoms with Gasteiger partial charge in [-0.1, -0.05) is 41.9 Å². The molecule has 2 aromatic carbocycles. The second-order valence-corrected chi connectivity index (χ2v) is 6.10. The lowest BCUT2D eigenvalue weighted by Gasteiger charge is -2.11. The van der Waals surface area contributed by atoms with Gasteiger partial charge in [-0.15, -0.1) is 0 Å². The van der Waals surface area contributed by atoms with Crippen molar-refractivity contribution in [2.24, 2.45) is 0 Å². The quantitative estimate of drug-likeness (QED) is 0.622. The highest BCUT2D eigenvalue weighted by Crippen LogP contribution is 2.27. The summed E-state index contributed by atoms with van der Waals surface area (Å²) < 4.78 is 10.5. The largest absolute Gasteiger partial charge is 0.456 e. The summed E-state index contributed by atoms with van der Waals surface area (Å²) in [5.41, 5.74) is 3.70. The molecule has 0 unspecified atom stereocenters. The van der Waals surface area contributed by atoms with Crippen LogP contribution in [0, 0.1) is 6.92 Å². The number of aryl methyl sites for hydroxylation is 1. The first-order valence-electron chi connectivity index (χ1n) is 7.89. The molecule has 0 saturated heterocycles. The van der Waals surface area contributed by atoms with Crippen molar-refractivity contribution in [3.05, 3.63) is 75.9 Å². The van der Waals surface area contributed by atoms with E-state index in [-0.39, 0.29) is 6.61 Å². The van der Waals surface area contributed by atoms with Crippen LogP contribution in [0.5, 0.6) is 0 Å². The zero-order valence-corrected chi connectivity index (χ0v) is 14.8. The summed E-state index contributed by atoms with van der Waals surface area (Å²) in [6.45, 7) is 2.40. The Labute approximate surface area is 151 Å². The lowest BCUT2D eigenvalue weighted by Crippen LogP contribution is -2.08. The van der Waals surface area contributed by atoms with Crippen LogP contribution in [-0.2, 0) is 22.7 Å². The molecular formula is C20H18ClNO3. The molecule has 0 atom stereocenters. The maximum Gasteiger partial charge on any atom is 0.338 e. The monoisotopic (exact) mass is 355 g/mol. The maximum absolute atomic E-state index is 12.3. The number of rotatable bonds is 5. The van der Waals surface area contributed by atoms with Gasteiger partial charge in [0.2, 0.25) is 0 Å². The molecule has 0 saturated carbocycles. The van der Waals surface area contributed by atoms with Crippen LogP contribution in [0.3, 0.4) is 0 Å². The van der Waals surface area contributed by atoms with Crippen LogP contribution in [0.2, 0.25) is 5.02 Å². The van der Waals surface area contributed by atoms with Crippen LogP contribution in [-0.4, -0.2) is 18.1 Å². The molecule has 0 N–H and O–H groups in total. The first-order valence-corrected chi connectivity index (χ1v) is 8.26. The number of benzene rings is 2. The van der Waals surface area contributed by atoms with Crippen molar-refractivity contribution < 1.29 is 14.3 Å². The molecular weight excluding hydrogens is 338 g/mol. The second kappa shape index (κ2) is 7.64. The Balaban J connectivity index is 1.79. The Hall–Kier alpha value is -2.43. The van der Waals surface area contributed by atoms with Gasteiger partial charge < -0.3 is 9.47 Å². The molecule has 1 aromatic heterocycles. The van der Waals surface area contributed by atoms with Crippen molar-refractivity contribution in [1.29, 1.82) is 0 Å².